The Labute approximate surface area is 81.1 Å². The number of nitrogens with one attached hydrogen (secondary N) is 1. The van der Waals surface area contributed by atoms with Gasteiger partial charge in [-0.15, -0.1) is 0 Å². The summed E-state index contributed by atoms with van der Waals surface area (Å²) < 4.78 is 7.38. The Morgan fingerprint density at radius 3 is 3.36 bits per heavy atom. The van der Waals surface area contributed by atoms with E-state index in [4.69, 9.17) is 4.74 Å². The van der Waals surface area contributed by atoms with Crippen molar-refractivity contribution in [3.8, 4) is 0 Å². The van der Waals surface area contributed by atoms with Crippen LogP contribution in [-0.4, -0.2) is 28.7 Å². The molecule has 5 nitrogen and oxygen atoms in total. The molecular formula is C9H11N3O2. The lowest BCUT2D eigenvalue weighted by Crippen LogP contribution is -2.15. The number of amides is 1. The maximum atomic E-state index is 11.3. The topological polar surface area (TPSA) is 56.2 Å². The van der Waals surface area contributed by atoms with Gasteiger partial charge in [-0.2, -0.15) is 0 Å². The molecule has 0 radical (unpaired) electrons. The zero-order valence-corrected chi connectivity index (χ0v) is 7.69. The summed E-state index contributed by atoms with van der Waals surface area (Å²) in [5.41, 5.74) is 1.59. The molecule has 1 unspecified atom stereocenters. The monoisotopic (exact) mass is 193 g/mol. The smallest absolute Gasteiger partial charge is 0.272 e. The van der Waals surface area contributed by atoms with E-state index < -0.39 is 0 Å². The van der Waals surface area contributed by atoms with Crippen molar-refractivity contribution < 1.29 is 9.53 Å². The quantitative estimate of drug-likeness (QED) is 0.687. The Bertz CT molecular complexity index is 379. The summed E-state index contributed by atoms with van der Waals surface area (Å²) in [5, 5.41) is 2.77. The highest BCUT2D eigenvalue weighted by Gasteiger charge is 2.28. The number of hydrogen-bond donors (Lipinski definition) is 1. The molecule has 0 bridgehead atoms. The molecule has 74 valence electrons. The summed E-state index contributed by atoms with van der Waals surface area (Å²) in [6.45, 7) is 2.14. The molecule has 0 saturated carbocycles. The first-order chi connectivity index (χ1) is 6.86. The molecule has 1 N–H and O–H groups in total. The summed E-state index contributed by atoms with van der Waals surface area (Å²) >= 11 is 0. The first kappa shape index (κ1) is 7.99. The van der Waals surface area contributed by atoms with Gasteiger partial charge in [-0.25, -0.2) is 4.98 Å². The molecular weight excluding hydrogens is 182 g/mol. The number of rotatable bonds is 1. The lowest BCUT2D eigenvalue weighted by Gasteiger charge is -2.11. The minimum atomic E-state index is -0.0577. The van der Waals surface area contributed by atoms with Gasteiger partial charge in [0.15, 0.2) is 5.69 Å². The molecule has 1 fully saturated rings. The van der Waals surface area contributed by atoms with Crippen molar-refractivity contribution in [1.29, 1.82) is 0 Å². The average molecular weight is 193 g/mol. The van der Waals surface area contributed by atoms with Crippen LogP contribution in [0.4, 0.5) is 0 Å². The molecule has 5 heteroatoms. The number of fused-ring (bicyclic) bond motifs is 1. The van der Waals surface area contributed by atoms with Crippen LogP contribution >= 0.6 is 0 Å². The van der Waals surface area contributed by atoms with E-state index in [1.807, 2.05) is 0 Å². The number of hydrogen-bond acceptors (Lipinski definition) is 3. The maximum absolute atomic E-state index is 11.3. The van der Waals surface area contributed by atoms with Crippen molar-refractivity contribution in [3.05, 3.63) is 17.7 Å². The van der Waals surface area contributed by atoms with Gasteiger partial charge in [0, 0.05) is 6.61 Å². The van der Waals surface area contributed by atoms with E-state index in [0.717, 1.165) is 25.3 Å². The summed E-state index contributed by atoms with van der Waals surface area (Å²) in [4.78, 5) is 15.4. The van der Waals surface area contributed by atoms with Crippen LogP contribution in [0.5, 0.6) is 0 Å². The van der Waals surface area contributed by atoms with Crippen molar-refractivity contribution in [2.75, 3.05) is 13.2 Å². The van der Waals surface area contributed by atoms with Gasteiger partial charge in [0.2, 0.25) is 0 Å². The van der Waals surface area contributed by atoms with Gasteiger partial charge in [-0.3, -0.25) is 4.79 Å². The molecule has 1 aromatic heterocycles. The lowest BCUT2D eigenvalue weighted by atomic mass is 10.2. The molecule has 2 aliphatic rings. The number of aromatic nitrogens is 2. The van der Waals surface area contributed by atoms with Crippen molar-refractivity contribution in [3.63, 3.8) is 0 Å². The summed E-state index contributed by atoms with van der Waals surface area (Å²) in [6, 6.07) is 0.360. The molecule has 1 amide bonds. The Hall–Kier alpha value is -1.36. The Morgan fingerprint density at radius 2 is 2.57 bits per heavy atom. The fourth-order valence-electron chi connectivity index (χ4n) is 2.05. The highest BCUT2D eigenvalue weighted by molar-refractivity contribution is 5.95. The molecule has 1 saturated heterocycles. The van der Waals surface area contributed by atoms with Crippen molar-refractivity contribution in [1.82, 2.24) is 14.9 Å². The van der Waals surface area contributed by atoms with Gasteiger partial charge in [0.1, 0.15) is 0 Å². The van der Waals surface area contributed by atoms with Crippen LogP contribution in [0.15, 0.2) is 6.33 Å². The molecule has 2 aliphatic heterocycles. The van der Waals surface area contributed by atoms with Crippen LogP contribution in [-0.2, 0) is 11.3 Å². The second kappa shape index (κ2) is 2.81. The molecule has 0 aliphatic carbocycles. The van der Waals surface area contributed by atoms with Gasteiger partial charge >= 0.3 is 0 Å². The van der Waals surface area contributed by atoms with Crippen LogP contribution in [0.1, 0.15) is 28.6 Å². The molecule has 3 heterocycles. The van der Waals surface area contributed by atoms with Gasteiger partial charge in [-0.05, 0) is 6.42 Å². The minimum Gasteiger partial charge on any atom is -0.379 e. The predicted octanol–water partition coefficient (Wildman–Crippen LogP) is 0.0879. The van der Waals surface area contributed by atoms with Crippen LogP contribution in [0, 0.1) is 0 Å². The summed E-state index contributed by atoms with van der Waals surface area (Å²) in [7, 11) is 0. The van der Waals surface area contributed by atoms with E-state index in [1.165, 1.54) is 0 Å². The molecule has 0 spiro atoms. The first-order valence-corrected chi connectivity index (χ1v) is 4.78. The maximum Gasteiger partial charge on any atom is 0.272 e. The first-order valence-electron chi connectivity index (χ1n) is 4.78. The average Bonchev–Trinajstić information content (AvgIpc) is 2.84. The van der Waals surface area contributed by atoms with E-state index in [1.54, 1.807) is 6.33 Å². The Kier molecular flexibility index (Phi) is 1.61. The molecule has 1 atom stereocenters. The van der Waals surface area contributed by atoms with Crippen LogP contribution < -0.4 is 5.32 Å². The standard InChI is InChI=1S/C9H11N3O2/c13-9-8-7(3-10-9)12(5-11-8)6-1-2-14-4-6/h5-6H,1-4H2,(H,10,13). The van der Waals surface area contributed by atoms with E-state index in [0.29, 0.717) is 18.3 Å². The van der Waals surface area contributed by atoms with Crippen molar-refractivity contribution in [2.24, 2.45) is 0 Å². The van der Waals surface area contributed by atoms with E-state index in [-0.39, 0.29) is 5.91 Å². The normalized spacial score (nSPS) is 25.1. The van der Waals surface area contributed by atoms with Gasteiger partial charge in [-0.1, -0.05) is 0 Å². The highest BCUT2D eigenvalue weighted by Crippen LogP contribution is 2.24. The Morgan fingerprint density at radius 1 is 1.64 bits per heavy atom. The highest BCUT2D eigenvalue weighted by atomic mass is 16.5. The van der Waals surface area contributed by atoms with Gasteiger partial charge in [0.05, 0.1) is 31.2 Å². The number of carbonyl (C=O) groups excluding carboxylic acids is 1. The number of carbonyl (C=O) groups is 1. The van der Waals surface area contributed by atoms with Gasteiger partial charge in [0.25, 0.3) is 5.91 Å². The molecule has 1 aromatic rings. The van der Waals surface area contributed by atoms with Crippen molar-refractivity contribution in [2.45, 2.75) is 19.0 Å². The molecule has 14 heavy (non-hydrogen) atoms. The number of nitrogens with zero attached hydrogens (tertiary/aromatic N) is 2. The summed E-state index contributed by atoms with van der Waals surface area (Å²) in [5.74, 6) is -0.0577. The van der Waals surface area contributed by atoms with Gasteiger partial charge < -0.3 is 14.6 Å². The largest absolute Gasteiger partial charge is 0.379 e. The summed E-state index contributed by atoms with van der Waals surface area (Å²) in [6.07, 6.45) is 2.76. The zero-order valence-electron chi connectivity index (χ0n) is 7.69. The molecule has 0 aromatic carbocycles. The van der Waals surface area contributed by atoms with Crippen molar-refractivity contribution >= 4 is 5.91 Å². The fraction of sp³-hybridized carbons (Fsp3) is 0.556. The fourth-order valence-corrected chi connectivity index (χ4v) is 2.05. The van der Waals surface area contributed by atoms with E-state index in [2.05, 4.69) is 14.9 Å². The minimum absolute atomic E-state index is 0.0577. The Balaban J connectivity index is 1.99. The second-order valence-corrected chi connectivity index (χ2v) is 3.65. The predicted molar refractivity (Wildman–Crippen MR) is 47.9 cm³/mol. The van der Waals surface area contributed by atoms with Crippen LogP contribution in [0.2, 0.25) is 0 Å². The van der Waals surface area contributed by atoms with E-state index in [9.17, 15) is 4.79 Å². The van der Waals surface area contributed by atoms with Crippen LogP contribution in [0.25, 0.3) is 0 Å². The van der Waals surface area contributed by atoms with Crippen LogP contribution in [0.3, 0.4) is 0 Å². The SMILES string of the molecule is O=C1NCc2c1ncn2C1CCOC1. The van der Waals surface area contributed by atoms with E-state index >= 15 is 0 Å². The second-order valence-electron chi connectivity index (χ2n) is 3.65. The number of imidazole rings is 1. The lowest BCUT2D eigenvalue weighted by molar-refractivity contribution is 0.0961. The third-order valence-electron chi connectivity index (χ3n) is 2.83. The third kappa shape index (κ3) is 0.988. The zero-order chi connectivity index (χ0) is 9.54. The number of ether oxygens (including phenoxy) is 1. The third-order valence-corrected chi connectivity index (χ3v) is 2.83. The molecule has 3 rings (SSSR count).